The summed E-state index contributed by atoms with van der Waals surface area (Å²) in [5.74, 6) is 5.23. The van der Waals surface area contributed by atoms with Crippen LogP contribution >= 0.6 is 27.3 Å². The van der Waals surface area contributed by atoms with Crippen molar-refractivity contribution < 1.29 is 9.32 Å². The van der Waals surface area contributed by atoms with Crippen LogP contribution in [0.3, 0.4) is 0 Å². The molecule has 0 spiro atoms. The summed E-state index contributed by atoms with van der Waals surface area (Å²) < 4.78 is 5.88. The Morgan fingerprint density at radius 1 is 1.56 bits per heavy atom. The molecule has 1 atom stereocenters. The molecule has 0 aliphatic carbocycles. The van der Waals surface area contributed by atoms with Gasteiger partial charge in [-0.05, 0) is 28.1 Å². The van der Waals surface area contributed by atoms with Gasteiger partial charge in [-0.3, -0.25) is 4.79 Å². The zero-order valence-corrected chi connectivity index (χ0v) is 11.4. The van der Waals surface area contributed by atoms with Crippen LogP contribution in [0.2, 0.25) is 0 Å². The molecule has 0 bridgehead atoms. The van der Waals surface area contributed by atoms with Crippen molar-refractivity contribution in [3.63, 3.8) is 0 Å². The number of nitrogens with two attached hydrogens (primary N) is 2. The molecule has 2 aromatic heterocycles. The lowest BCUT2D eigenvalue weighted by Gasteiger charge is -1.99. The van der Waals surface area contributed by atoms with Crippen LogP contribution in [-0.4, -0.2) is 11.1 Å². The number of thiophene rings is 1. The molecule has 0 saturated heterocycles. The summed E-state index contributed by atoms with van der Waals surface area (Å²) in [5.41, 5.74) is 11.1. The fourth-order valence-corrected chi connectivity index (χ4v) is 2.50. The van der Waals surface area contributed by atoms with Crippen LogP contribution in [0.25, 0.3) is 0 Å². The zero-order chi connectivity index (χ0) is 13.1. The maximum Gasteiger partial charge on any atom is 0.254 e. The second-order valence-corrected chi connectivity index (χ2v) is 5.78. The smallest absolute Gasteiger partial charge is 0.254 e. The lowest BCUT2D eigenvalue weighted by Crippen LogP contribution is -2.16. The minimum atomic E-state index is -0.740. The Morgan fingerprint density at radius 3 is 2.94 bits per heavy atom. The summed E-state index contributed by atoms with van der Waals surface area (Å²) >= 11 is 4.83. The number of rotatable bonds is 2. The quantitative estimate of drug-likeness (QED) is 0.820. The number of amides is 1. The lowest BCUT2D eigenvalue weighted by molar-refractivity contribution is 0.0998. The molecule has 4 N–H and O–H groups in total. The number of hydrogen-bond donors (Lipinski definition) is 2. The van der Waals surface area contributed by atoms with Gasteiger partial charge in [0.25, 0.3) is 5.91 Å². The Balaban J connectivity index is 2.22. The van der Waals surface area contributed by atoms with Gasteiger partial charge in [0.1, 0.15) is 11.6 Å². The molecule has 0 saturated carbocycles. The molecule has 18 heavy (non-hydrogen) atoms. The van der Waals surface area contributed by atoms with Crippen molar-refractivity contribution in [3.8, 4) is 11.8 Å². The largest absolute Gasteiger partial charge is 0.365 e. The number of halogens is 1. The average Bonchev–Trinajstić information content (AvgIpc) is 2.94. The summed E-state index contributed by atoms with van der Waals surface area (Å²) in [6.45, 7) is 0. The van der Waals surface area contributed by atoms with Crippen molar-refractivity contribution >= 4 is 33.2 Å². The minimum Gasteiger partial charge on any atom is -0.365 e. The maximum absolute atomic E-state index is 11.1. The molecule has 2 heterocycles. The van der Waals surface area contributed by atoms with E-state index in [-0.39, 0.29) is 11.3 Å². The molecule has 2 aromatic rings. The van der Waals surface area contributed by atoms with Gasteiger partial charge in [-0.1, -0.05) is 17.0 Å². The van der Waals surface area contributed by atoms with E-state index in [1.54, 1.807) is 0 Å². The van der Waals surface area contributed by atoms with Crippen LogP contribution in [0.5, 0.6) is 0 Å². The van der Waals surface area contributed by atoms with E-state index in [4.69, 9.17) is 16.0 Å². The van der Waals surface area contributed by atoms with Crippen molar-refractivity contribution in [1.82, 2.24) is 5.16 Å². The summed E-state index contributed by atoms with van der Waals surface area (Å²) in [4.78, 5) is 11.9. The number of aromatic nitrogens is 1. The highest BCUT2D eigenvalue weighted by Gasteiger charge is 2.18. The highest BCUT2D eigenvalue weighted by atomic mass is 79.9. The van der Waals surface area contributed by atoms with E-state index in [2.05, 4.69) is 32.9 Å². The summed E-state index contributed by atoms with van der Waals surface area (Å²) in [5, 5.41) is 3.50. The van der Waals surface area contributed by atoms with E-state index < -0.39 is 11.9 Å². The third-order valence-corrected chi connectivity index (χ3v) is 3.61. The van der Waals surface area contributed by atoms with Gasteiger partial charge in [0.2, 0.25) is 0 Å². The van der Waals surface area contributed by atoms with Crippen LogP contribution in [-0.2, 0) is 0 Å². The van der Waals surface area contributed by atoms with Gasteiger partial charge in [-0.25, -0.2) is 0 Å². The Kier molecular flexibility index (Phi) is 3.81. The number of hydrogen-bond acceptors (Lipinski definition) is 5. The van der Waals surface area contributed by atoms with Crippen LogP contribution in [0.1, 0.15) is 27.0 Å². The highest BCUT2D eigenvalue weighted by Crippen LogP contribution is 2.21. The molecule has 0 aliphatic heterocycles. The summed E-state index contributed by atoms with van der Waals surface area (Å²) in [7, 11) is 0. The van der Waals surface area contributed by atoms with Crippen molar-refractivity contribution in [2.75, 3.05) is 0 Å². The molecule has 92 valence electrons. The molecule has 1 unspecified atom stereocenters. The fraction of sp³-hybridized carbons (Fsp3) is 0.0909. The van der Waals surface area contributed by atoms with Gasteiger partial charge < -0.3 is 16.0 Å². The van der Waals surface area contributed by atoms with Crippen LogP contribution in [0, 0.1) is 11.8 Å². The molecule has 1 amide bonds. The predicted octanol–water partition coefficient (Wildman–Crippen LogP) is 1.65. The second-order valence-electron chi connectivity index (χ2n) is 3.32. The van der Waals surface area contributed by atoms with E-state index in [9.17, 15) is 4.79 Å². The third-order valence-electron chi connectivity index (χ3n) is 2.07. The monoisotopic (exact) mass is 325 g/mol. The van der Waals surface area contributed by atoms with Gasteiger partial charge in [0.05, 0.1) is 14.9 Å². The van der Waals surface area contributed by atoms with Gasteiger partial charge in [0.15, 0.2) is 5.76 Å². The molecule has 7 heteroatoms. The van der Waals surface area contributed by atoms with Gasteiger partial charge in [-0.2, -0.15) is 0 Å². The number of carbonyl (C=O) groups is 1. The third kappa shape index (κ3) is 2.79. The van der Waals surface area contributed by atoms with E-state index >= 15 is 0 Å². The SMILES string of the molecule is NC(=O)c1cnoc1C(N)C#Cc1ccc(Br)s1. The first-order valence-electron chi connectivity index (χ1n) is 4.84. The molecule has 0 aliphatic rings. The van der Waals surface area contributed by atoms with E-state index in [0.717, 1.165) is 8.66 Å². The first-order valence-corrected chi connectivity index (χ1v) is 6.45. The molecule has 0 fully saturated rings. The molecule has 0 aromatic carbocycles. The fourth-order valence-electron chi connectivity index (χ4n) is 1.25. The Hall–Kier alpha value is -1.62. The van der Waals surface area contributed by atoms with Gasteiger partial charge >= 0.3 is 0 Å². The second kappa shape index (κ2) is 5.35. The molecule has 5 nitrogen and oxygen atoms in total. The Bertz CT molecular complexity index is 638. The molecule has 0 radical (unpaired) electrons. The van der Waals surface area contributed by atoms with Crippen molar-refractivity contribution in [2.24, 2.45) is 11.5 Å². The zero-order valence-electron chi connectivity index (χ0n) is 9.01. The normalized spacial score (nSPS) is 11.7. The first kappa shape index (κ1) is 12.8. The van der Waals surface area contributed by atoms with E-state index in [1.165, 1.54) is 17.5 Å². The van der Waals surface area contributed by atoms with Gasteiger partial charge in [0, 0.05) is 0 Å². The maximum atomic E-state index is 11.1. The first-order chi connectivity index (χ1) is 8.58. The molecular formula is C11H8BrN3O2S. The molecular weight excluding hydrogens is 318 g/mol. The summed E-state index contributed by atoms with van der Waals surface area (Å²) in [6, 6.07) is 3.02. The number of carbonyl (C=O) groups excluding carboxylic acids is 1. The standard InChI is InChI=1S/C11H8BrN3O2S/c12-9-4-2-6(18-9)1-3-8(13)10-7(11(14)16)5-15-17-10/h2,4-5,8H,13H2,(H2,14,16). The van der Waals surface area contributed by atoms with Crippen LogP contribution in [0.4, 0.5) is 0 Å². The van der Waals surface area contributed by atoms with Crippen LogP contribution < -0.4 is 11.5 Å². The minimum absolute atomic E-state index is 0.157. The summed E-state index contributed by atoms with van der Waals surface area (Å²) in [6.07, 6.45) is 1.24. The number of nitrogens with zero attached hydrogens (tertiary/aromatic N) is 1. The Labute approximate surface area is 115 Å². The topological polar surface area (TPSA) is 95.1 Å². The van der Waals surface area contributed by atoms with E-state index in [1.807, 2.05) is 12.1 Å². The number of primary amides is 1. The Morgan fingerprint density at radius 2 is 2.33 bits per heavy atom. The lowest BCUT2D eigenvalue weighted by atomic mass is 10.1. The van der Waals surface area contributed by atoms with Crippen LogP contribution in [0.15, 0.2) is 26.6 Å². The molecule has 2 rings (SSSR count). The van der Waals surface area contributed by atoms with Crippen molar-refractivity contribution in [2.45, 2.75) is 6.04 Å². The van der Waals surface area contributed by atoms with Gasteiger partial charge in [-0.15, -0.1) is 11.3 Å². The van der Waals surface area contributed by atoms with E-state index in [0.29, 0.717) is 0 Å². The highest BCUT2D eigenvalue weighted by molar-refractivity contribution is 9.11. The predicted molar refractivity (Wildman–Crippen MR) is 70.8 cm³/mol. The average molecular weight is 326 g/mol. The van der Waals surface area contributed by atoms with Crippen molar-refractivity contribution in [3.05, 3.63) is 38.3 Å². The van der Waals surface area contributed by atoms with Crippen molar-refractivity contribution in [1.29, 1.82) is 0 Å².